The van der Waals surface area contributed by atoms with Crippen molar-refractivity contribution in [1.29, 1.82) is 0 Å². The van der Waals surface area contributed by atoms with Crippen LogP contribution in [0.2, 0.25) is 0 Å². The van der Waals surface area contributed by atoms with Gasteiger partial charge >= 0.3 is 0 Å². The van der Waals surface area contributed by atoms with Gasteiger partial charge in [0.25, 0.3) is 0 Å². The molecule has 0 aliphatic carbocycles. The highest BCUT2D eigenvalue weighted by atomic mass is 14.3. The number of hydrogen-bond donors (Lipinski definition) is 0. The number of rotatable bonds is 10. The summed E-state index contributed by atoms with van der Waals surface area (Å²) in [4.78, 5) is 0. The summed E-state index contributed by atoms with van der Waals surface area (Å²) in [6.07, 6.45) is 11.6. The molecule has 0 heteroatoms. The van der Waals surface area contributed by atoms with Gasteiger partial charge in [-0.25, -0.2) is 0 Å². The molecule has 6 aromatic rings. The first-order valence-electron chi connectivity index (χ1n) is 15.4. The first-order chi connectivity index (χ1) is 22.6. The van der Waals surface area contributed by atoms with Crippen molar-refractivity contribution in [2.24, 2.45) is 0 Å². The third-order valence-electron chi connectivity index (χ3n) is 8.76. The molecule has 0 atom stereocenters. The Hall–Kier alpha value is -5.98. The molecular formula is C46H36. The normalized spacial score (nSPS) is 10.7. The topological polar surface area (TPSA) is 0 Å². The fourth-order valence-electron chi connectivity index (χ4n) is 6.72. The van der Waals surface area contributed by atoms with Gasteiger partial charge in [0, 0.05) is 0 Å². The van der Waals surface area contributed by atoms with Crippen molar-refractivity contribution in [3.8, 4) is 44.5 Å². The van der Waals surface area contributed by atoms with Crippen LogP contribution in [0.25, 0.3) is 91.7 Å². The standard InChI is InChI=1S/C46H36/c1-7-31-29-34(32-21-15-13-16-22-32)30-44(35(31)8-2)46-39(12-6)38(11-5)45(41-25-19-20-26-42(41)46)43-28-27-40(33-23-17-14-18-24-33)36(9-3)37(43)10-4/h7-30H,1-6H2. The lowest BCUT2D eigenvalue weighted by molar-refractivity contribution is 1.52. The van der Waals surface area contributed by atoms with Gasteiger partial charge in [0.2, 0.25) is 0 Å². The molecular weight excluding hydrogens is 553 g/mol. The van der Waals surface area contributed by atoms with Gasteiger partial charge < -0.3 is 0 Å². The molecule has 0 aliphatic heterocycles. The van der Waals surface area contributed by atoms with Gasteiger partial charge in [-0.2, -0.15) is 0 Å². The molecule has 6 aromatic carbocycles. The van der Waals surface area contributed by atoms with E-state index in [0.717, 1.165) is 88.7 Å². The maximum Gasteiger partial charge on any atom is -0.00201 e. The maximum atomic E-state index is 4.35. The zero-order valence-corrected chi connectivity index (χ0v) is 26.1. The van der Waals surface area contributed by atoms with Crippen LogP contribution < -0.4 is 0 Å². The van der Waals surface area contributed by atoms with Crippen molar-refractivity contribution in [2.75, 3.05) is 0 Å². The van der Waals surface area contributed by atoms with E-state index in [2.05, 4.69) is 137 Å². The van der Waals surface area contributed by atoms with Gasteiger partial charge in [-0.05, 0) is 101 Å². The Labute approximate surface area is 273 Å². The van der Waals surface area contributed by atoms with E-state index in [1.807, 2.05) is 48.6 Å². The van der Waals surface area contributed by atoms with Crippen molar-refractivity contribution in [3.63, 3.8) is 0 Å². The zero-order chi connectivity index (χ0) is 32.2. The molecule has 0 saturated carbocycles. The Morgan fingerprint density at radius 1 is 0.326 bits per heavy atom. The van der Waals surface area contributed by atoms with Crippen LogP contribution in [0.3, 0.4) is 0 Å². The maximum absolute atomic E-state index is 4.35. The third-order valence-corrected chi connectivity index (χ3v) is 8.76. The second-order valence-electron chi connectivity index (χ2n) is 11.1. The minimum Gasteiger partial charge on any atom is -0.0984 e. The SMILES string of the molecule is C=Cc1cc(-c2ccccc2)cc(-c2c(C=C)c(C=C)c(-c3ccc(-c4ccccc4)c(C=C)c3C=C)c3ccccc23)c1C=C. The summed E-state index contributed by atoms with van der Waals surface area (Å²) in [7, 11) is 0. The highest BCUT2D eigenvalue weighted by Gasteiger charge is 2.23. The Bertz CT molecular complexity index is 2170. The van der Waals surface area contributed by atoms with Crippen LogP contribution in [-0.2, 0) is 0 Å². The number of benzene rings is 6. The van der Waals surface area contributed by atoms with Crippen LogP contribution in [0.5, 0.6) is 0 Å². The Balaban J connectivity index is 1.75. The molecule has 0 spiro atoms. The van der Waals surface area contributed by atoms with E-state index in [1.165, 1.54) is 0 Å². The lowest BCUT2D eigenvalue weighted by Gasteiger charge is -2.24. The van der Waals surface area contributed by atoms with Crippen LogP contribution in [0, 0.1) is 0 Å². The van der Waals surface area contributed by atoms with Gasteiger partial charge in [0.05, 0.1) is 0 Å². The van der Waals surface area contributed by atoms with E-state index in [1.54, 1.807) is 0 Å². The predicted molar refractivity (Wildman–Crippen MR) is 206 cm³/mol. The predicted octanol–water partition coefficient (Wildman–Crippen LogP) is 13.4. The first kappa shape index (κ1) is 30.1. The number of fused-ring (bicyclic) bond motifs is 1. The second-order valence-corrected chi connectivity index (χ2v) is 11.1. The fraction of sp³-hybridized carbons (Fsp3) is 0. The Morgan fingerprint density at radius 2 is 0.783 bits per heavy atom. The molecule has 0 saturated heterocycles. The average molecular weight is 589 g/mol. The molecule has 0 unspecified atom stereocenters. The quantitative estimate of drug-likeness (QED) is 0.149. The molecule has 0 aromatic heterocycles. The van der Waals surface area contributed by atoms with E-state index in [4.69, 9.17) is 0 Å². The summed E-state index contributed by atoms with van der Waals surface area (Å²) in [6, 6.07) is 38.3. The molecule has 0 bridgehead atoms. The zero-order valence-electron chi connectivity index (χ0n) is 26.1. The molecule has 46 heavy (non-hydrogen) atoms. The molecule has 220 valence electrons. The summed E-state index contributed by atoms with van der Waals surface area (Å²) < 4.78 is 0. The van der Waals surface area contributed by atoms with Gasteiger partial charge in [-0.15, -0.1) is 0 Å². The summed E-state index contributed by atoms with van der Waals surface area (Å²) in [5.74, 6) is 0. The highest BCUT2D eigenvalue weighted by molar-refractivity contribution is 6.14. The summed E-state index contributed by atoms with van der Waals surface area (Å²) >= 11 is 0. The van der Waals surface area contributed by atoms with E-state index in [0.29, 0.717) is 0 Å². The molecule has 0 fully saturated rings. The largest absolute Gasteiger partial charge is 0.0984 e. The van der Waals surface area contributed by atoms with Crippen molar-refractivity contribution in [3.05, 3.63) is 182 Å². The van der Waals surface area contributed by atoms with E-state index < -0.39 is 0 Å². The fourth-order valence-corrected chi connectivity index (χ4v) is 6.72. The Morgan fingerprint density at radius 3 is 1.30 bits per heavy atom. The second kappa shape index (κ2) is 12.9. The molecule has 0 aliphatic rings. The van der Waals surface area contributed by atoms with Crippen LogP contribution in [0.1, 0.15) is 33.4 Å². The molecule has 0 radical (unpaired) electrons. The van der Waals surface area contributed by atoms with Crippen molar-refractivity contribution >= 4 is 47.2 Å². The monoisotopic (exact) mass is 588 g/mol. The van der Waals surface area contributed by atoms with Crippen molar-refractivity contribution < 1.29 is 0 Å². The molecule has 6 rings (SSSR count). The van der Waals surface area contributed by atoms with Gasteiger partial charge in [0.1, 0.15) is 0 Å². The summed E-state index contributed by atoms with van der Waals surface area (Å²) in [5, 5.41) is 2.23. The van der Waals surface area contributed by atoms with Crippen molar-refractivity contribution in [1.82, 2.24) is 0 Å². The minimum absolute atomic E-state index is 1.01. The van der Waals surface area contributed by atoms with Gasteiger partial charge in [-0.1, -0.05) is 173 Å². The number of hydrogen-bond acceptors (Lipinski definition) is 0. The van der Waals surface area contributed by atoms with E-state index in [9.17, 15) is 0 Å². The lowest BCUT2D eigenvalue weighted by atomic mass is 9.79. The molecule has 0 N–H and O–H groups in total. The third kappa shape index (κ3) is 5.01. The van der Waals surface area contributed by atoms with Gasteiger partial charge in [-0.3, -0.25) is 0 Å². The molecule has 0 amide bonds. The van der Waals surface area contributed by atoms with Crippen LogP contribution >= 0.6 is 0 Å². The van der Waals surface area contributed by atoms with E-state index in [-0.39, 0.29) is 0 Å². The van der Waals surface area contributed by atoms with Crippen LogP contribution in [-0.4, -0.2) is 0 Å². The Kier molecular flexibility index (Phi) is 8.46. The summed E-state index contributed by atoms with van der Waals surface area (Å²) in [6.45, 7) is 25.6. The minimum atomic E-state index is 1.01. The highest BCUT2D eigenvalue weighted by Crippen LogP contribution is 2.47. The summed E-state index contributed by atoms with van der Waals surface area (Å²) in [5.41, 5.74) is 15.0. The molecule has 0 nitrogen and oxygen atoms in total. The average Bonchev–Trinajstić information content (AvgIpc) is 3.13. The van der Waals surface area contributed by atoms with E-state index >= 15 is 0 Å². The lowest BCUT2D eigenvalue weighted by Crippen LogP contribution is -2.00. The van der Waals surface area contributed by atoms with Crippen molar-refractivity contribution in [2.45, 2.75) is 0 Å². The van der Waals surface area contributed by atoms with Crippen LogP contribution in [0.4, 0.5) is 0 Å². The van der Waals surface area contributed by atoms with Gasteiger partial charge in [0.15, 0.2) is 0 Å². The first-order valence-corrected chi connectivity index (χ1v) is 15.4. The smallest absolute Gasteiger partial charge is 0.00201 e. The van der Waals surface area contributed by atoms with Crippen LogP contribution in [0.15, 0.2) is 149 Å². The molecule has 0 heterocycles.